The van der Waals surface area contributed by atoms with E-state index in [0.29, 0.717) is 23.8 Å². The van der Waals surface area contributed by atoms with Gasteiger partial charge in [-0.2, -0.15) is 5.10 Å². The number of hydrogen-bond acceptors (Lipinski definition) is 3. The van der Waals surface area contributed by atoms with E-state index < -0.39 is 0 Å². The lowest BCUT2D eigenvalue weighted by Crippen LogP contribution is -2.15. The van der Waals surface area contributed by atoms with Gasteiger partial charge in [-0.15, -0.1) is 0 Å². The van der Waals surface area contributed by atoms with E-state index in [9.17, 15) is 4.79 Å². The van der Waals surface area contributed by atoms with Gasteiger partial charge in [-0.25, -0.2) is 4.98 Å². The lowest BCUT2D eigenvalue weighted by molar-refractivity contribution is -0.116. The zero-order valence-corrected chi connectivity index (χ0v) is 10.7. The van der Waals surface area contributed by atoms with Crippen molar-refractivity contribution in [2.75, 3.05) is 5.32 Å². The summed E-state index contributed by atoms with van der Waals surface area (Å²) in [5.41, 5.74) is 1.05. The van der Waals surface area contributed by atoms with E-state index >= 15 is 0 Å². The number of amides is 1. The van der Waals surface area contributed by atoms with Gasteiger partial charge in [0, 0.05) is 25.4 Å². The smallest absolute Gasteiger partial charge is 0.227 e. The third kappa shape index (κ3) is 3.56. The van der Waals surface area contributed by atoms with Crippen LogP contribution in [0.5, 0.6) is 0 Å². The van der Waals surface area contributed by atoms with Gasteiger partial charge < -0.3 is 5.32 Å². The number of halogens is 1. The molecular formula is C12H13ClN4O. The minimum Gasteiger partial charge on any atom is -0.311 e. The Labute approximate surface area is 110 Å². The molecular weight excluding hydrogens is 252 g/mol. The summed E-state index contributed by atoms with van der Waals surface area (Å²) >= 11 is 5.73. The summed E-state index contributed by atoms with van der Waals surface area (Å²) in [6.07, 6.45) is 5.26. The van der Waals surface area contributed by atoms with Crippen molar-refractivity contribution in [3.63, 3.8) is 0 Å². The molecule has 1 N–H and O–H groups in total. The summed E-state index contributed by atoms with van der Waals surface area (Å²) in [6, 6.07) is 3.67. The van der Waals surface area contributed by atoms with Gasteiger partial charge in [0.2, 0.25) is 5.91 Å². The van der Waals surface area contributed by atoms with Crippen LogP contribution in [0.15, 0.2) is 30.7 Å². The van der Waals surface area contributed by atoms with E-state index in [1.807, 2.05) is 13.0 Å². The molecule has 0 aliphatic heterocycles. The fraction of sp³-hybridized carbons (Fsp3) is 0.250. The first-order valence-electron chi connectivity index (χ1n) is 5.54. The van der Waals surface area contributed by atoms with Gasteiger partial charge in [-0.1, -0.05) is 17.7 Å². The van der Waals surface area contributed by atoms with Crippen molar-refractivity contribution in [3.8, 4) is 0 Å². The van der Waals surface area contributed by atoms with E-state index in [-0.39, 0.29) is 5.91 Å². The number of aromatic nitrogens is 3. The van der Waals surface area contributed by atoms with Crippen LogP contribution in [0.25, 0.3) is 0 Å². The van der Waals surface area contributed by atoms with Gasteiger partial charge in [0.15, 0.2) is 0 Å². The number of aryl methyl sites for hydroxylation is 2. The molecule has 0 aliphatic rings. The Hall–Kier alpha value is -1.88. The highest BCUT2D eigenvalue weighted by Crippen LogP contribution is 2.07. The summed E-state index contributed by atoms with van der Waals surface area (Å²) in [5, 5.41) is 7.28. The Morgan fingerprint density at radius 3 is 2.89 bits per heavy atom. The van der Waals surface area contributed by atoms with E-state index in [4.69, 9.17) is 11.6 Å². The zero-order valence-electron chi connectivity index (χ0n) is 9.93. The quantitative estimate of drug-likeness (QED) is 0.922. The van der Waals surface area contributed by atoms with Gasteiger partial charge in [0.05, 0.1) is 11.2 Å². The molecule has 18 heavy (non-hydrogen) atoms. The summed E-state index contributed by atoms with van der Waals surface area (Å²) in [4.78, 5) is 15.8. The Balaban J connectivity index is 1.83. The highest BCUT2D eigenvalue weighted by molar-refractivity contribution is 6.30. The largest absolute Gasteiger partial charge is 0.311 e. The molecule has 0 radical (unpaired) electrons. The molecule has 0 unspecified atom stereocenters. The number of pyridine rings is 1. The Morgan fingerprint density at radius 1 is 1.44 bits per heavy atom. The van der Waals surface area contributed by atoms with Crippen molar-refractivity contribution >= 4 is 23.3 Å². The number of carbonyl (C=O) groups excluding carboxylic acids is 1. The number of carbonyl (C=O) groups is 1. The molecule has 2 aromatic heterocycles. The number of rotatable bonds is 4. The minimum absolute atomic E-state index is 0.0991. The maximum Gasteiger partial charge on any atom is 0.227 e. The number of nitrogens with zero attached hydrogens (tertiary/aromatic N) is 3. The summed E-state index contributed by atoms with van der Waals surface area (Å²) in [6.45, 7) is 2.43. The summed E-state index contributed by atoms with van der Waals surface area (Å²) < 4.78 is 1.63. The van der Waals surface area contributed by atoms with Crippen molar-refractivity contribution in [3.05, 3.63) is 41.3 Å². The highest BCUT2D eigenvalue weighted by atomic mass is 35.5. The maximum atomic E-state index is 11.7. The monoisotopic (exact) mass is 264 g/mol. The van der Waals surface area contributed by atoms with Crippen LogP contribution >= 0.6 is 11.6 Å². The first kappa shape index (κ1) is 12.6. The van der Waals surface area contributed by atoms with Crippen LogP contribution in [0.2, 0.25) is 5.02 Å². The number of nitrogens with one attached hydrogen (secondary N) is 1. The Morgan fingerprint density at radius 2 is 2.28 bits per heavy atom. The SMILES string of the molecule is Cc1ccc(NC(=O)CCn2cc(Cl)cn2)nc1. The van der Waals surface area contributed by atoms with Crippen LogP contribution in [0, 0.1) is 6.92 Å². The van der Waals surface area contributed by atoms with Crippen molar-refractivity contribution in [1.29, 1.82) is 0 Å². The van der Waals surface area contributed by atoms with Gasteiger partial charge in [-0.3, -0.25) is 9.48 Å². The number of hydrogen-bond donors (Lipinski definition) is 1. The van der Waals surface area contributed by atoms with Crippen molar-refractivity contribution in [1.82, 2.24) is 14.8 Å². The van der Waals surface area contributed by atoms with E-state index in [0.717, 1.165) is 5.56 Å². The molecule has 0 saturated heterocycles. The molecule has 0 saturated carbocycles. The van der Waals surface area contributed by atoms with Crippen LogP contribution in [0.4, 0.5) is 5.82 Å². The third-order valence-corrected chi connectivity index (χ3v) is 2.54. The normalized spacial score (nSPS) is 10.3. The number of anilines is 1. The lowest BCUT2D eigenvalue weighted by atomic mass is 10.3. The second kappa shape index (κ2) is 5.64. The van der Waals surface area contributed by atoms with Crippen LogP contribution in [-0.4, -0.2) is 20.7 Å². The molecule has 0 atom stereocenters. The van der Waals surface area contributed by atoms with Gasteiger partial charge in [0.1, 0.15) is 5.82 Å². The zero-order chi connectivity index (χ0) is 13.0. The minimum atomic E-state index is -0.0991. The average Bonchev–Trinajstić information content (AvgIpc) is 2.76. The van der Waals surface area contributed by atoms with E-state index in [1.165, 1.54) is 0 Å². The van der Waals surface area contributed by atoms with Crippen LogP contribution < -0.4 is 5.32 Å². The molecule has 2 heterocycles. The van der Waals surface area contributed by atoms with E-state index in [2.05, 4.69) is 15.4 Å². The van der Waals surface area contributed by atoms with E-state index in [1.54, 1.807) is 29.3 Å². The van der Waals surface area contributed by atoms with Gasteiger partial charge in [-0.05, 0) is 18.6 Å². The molecule has 2 aromatic rings. The fourth-order valence-electron chi connectivity index (χ4n) is 1.42. The first-order chi connectivity index (χ1) is 8.63. The first-order valence-corrected chi connectivity index (χ1v) is 5.92. The highest BCUT2D eigenvalue weighted by Gasteiger charge is 2.04. The van der Waals surface area contributed by atoms with Crippen molar-refractivity contribution in [2.45, 2.75) is 19.9 Å². The maximum absolute atomic E-state index is 11.7. The van der Waals surface area contributed by atoms with Crippen LogP contribution in [0.3, 0.4) is 0 Å². The molecule has 0 aliphatic carbocycles. The molecule has 0 aromatic carbocycles. The van der Waals surface area contributed by atoms with Crippen LogP contribution in [-0.2, 0) is 11.3 Å². The second-order valence-electron chi connectivity index (χ2n) is 3.94. The molecule has 94 valence electrons. The molecule has 0 bridgehead atoms. The van der Waals surface area contributed by atoms with Crippen molar-refractivity contribution < 1.29 is 4.79 Å². The Kier molecular flexibility index (Phi) is 3.94. The average molecular weight is 265 g/mol. The van der Waals surface area contributed by atoms with Crippen molar-refractivity contribution in [2.24, 2.45) is 0 Å². The molecule has 6 heteroatoms. The molecule has 0 spiro atoms. The standard InChI is InChI=1S/C12H13ClN4O/c1-9-2-3-11(14-6-9)16-12(18)4-5-17-8-10(13)7-15-17/h2-3,6-8H,4-5H2,1H3,(H,14,16,18). The van der Waals surface area contributed by atoms with Crippen LogP contribution in [0.1, 0.15) is 12.0 Å². The third-order valence-electron chi connectivity index (χ3n) is 2.35. The second-order valence-corrected chi connectivity index (χ2v) is 4.38. The molecule has 0 fully saturated rings. The predicted molar refractivity (Wildman–Crippen MR) is 69.5 cm³/mol. The predicted octanol–water partition coefficient (Wildman–Crippen LogP) is 2.27. The molecule has 1 amide bonds. The Bertz CT molecular complexity index is 535. The van der Waals surface area contributed by atoms with Gasteiger partial charge in [0.25, 0.3) is 0 Å². The summed E-state index contributed by atoms with van der Waals surface area (Å²) in [7, 11) is 0. The van der Waals surface area contributed by atoms with Gasteiger partial charge >= 0.3 is 0 Å². The fourth-order valence-corrected chi connectivity index (χ4v) is 1.58. The molecule has 2 rings (SSSR count). The lowest BCUT2D eigenvalue weighted by Gasteiger charge is -2.04. The topological polar surface area (TPSA) is 59.8 Å². The molecule has 5 nitrogen and oxygen atoms in total. The summed E-state index contributed by atoms with van der Waals surface area (Å²) in [5.74, 6) is 0.460.